The third-order valence-electron chi connectivity index (χ3n) is 4.28. The molecule has 1 fully saturated rings. The lowest BCUT2D eigenvalue weighted by atomic mass is 10.2. The van der Waals surface area contributed by atoms with Gasteiger partial charge in [0, 0.05) is 24.5 Å². The number of ether oxygens (including phenoxy) is 1. The average Bonchev–Trinajstić information content (AvgIpc) is 3.12. The largest absolute Gasteiger partial charge is 0.396 e. The summed E-state index contributed by atoms with van der Waals surface area (Å²) in [7, 11) is 0. The highest BCUT2D eigenvalue weighted by Gasteiger charge is 2.42. The Labute approximate surface area is 148 Å². The van der Waals surface area contributed by atoms with Crippen molar-refractivity contribution in [3.63, 3.8) is 0 Å². The van der Waals surface area contributed by atoms with Crippen LogP contribution in [0.2, 0.25) is 0 Å². The first kappa shape index (κ1) is 18.3. The van der Waals surface area contributed by atoms with Crippen LogP contribution >= 0.6 is 11.8 Å². The first-order valence-corrected chi connectivity index (χ1v) is 9.25. The van der Waals surface area contributed by atoms with E-state index in [2.05, 4.69) is 9.97 Å². The number of nitrogen functional groups attached to an aromatic ring is 1. The van der Waals surface area contributed by atoms with Crippen molar-refractivity contribution in [2.24, 2.45) is 0 Å². The molecule has 3 atom stereocenters. The van der Waals surface area contributed by atoms with Gasteiger partial charge in [-0.05, 0) is 0 Å². The van der Waals surface area contributed by atoms with Crippen molar-refractivity contribution in [3.05, 3.63) is 10.4 Å². The SMILES string of the molecule is Nc1nc2c(c(=O)[nH]1)N(CCSCCO)CN2[C@H]1C[C@H](O)[C@@H](CO)O1. The van der Waals surface area contributed by atoms with Gasteiger partial charge in [0.2, 0.25) is 5.95 Å². The highest BCUT2D eigenvalue weighted by atomic mass is 32.2. The van der Waals surface area contributed by atoms with Crippen LogP contribution in [0, 0.1) is 0 Å². The summed E-state index contributed by atoms with van der Waals surface area (Å²) in [5, 5.41) is 28.1. The monoisotopic (exact) mass is 373 g/mol. The van der Waals surface area contributed by atoms with E-state index in [0.29, 0.717) is 36.9 Å². The Morgan fingerprint density at radius 1 is 1.40 bits per heavy atom. The second kappa shape index (κ2) is 7.79. The zero-order valence-electron chi connectivity index (χ0n) is 13.7. The number of aliphatic hydroxyl groups is 3. The first-order chi connectivity index (χ1) is 12.0. The van der Waals surface area contributed by atoms with Crippen LogP contribution in [0.1, 0.15) is 6.42 Å². The highest BCUT2D eigenvalue weighted by molar-refractivity contribution is 7.99. The third-order valence-corrected chi connectivity index (χ3v) is 5.22. The van der Waals surface area contributed by atoms with Gasteiger partial charge in [0.25, 0.3) is 5.56 Å². The summed E-state index contributed by atoms with van der Waals surface area (Å²) in [6, 6.07) is 0. The van der Waals surface area contributed by atoms with Crippen LogP contribution in [0.3, 0.4) is 0 Å². The molecule has 3 rings (SSSR count). The number of fused-ring (bicyclic) bond motifs is 1. The molecular weight excluding hydrogens is 350 g/mol. The zero-order chi connectivity index (χ0) is 18.0. The number of aliphatic hydroxyl groups excluding tert-OH is 3. The van der Waals surface area contributed by atoms with E-state index in [1.54, 1.807) is 16.7 Å². The predicted molar refractivity (Wildman–Crippen MR) is 94.7 cm³/mol. The molecule has 11 heteroatoms. The molecule has 0 aliphatic carbocycles. The number of aromatic nitrogens is 2. The van der Waals surface area contributed by atoms with E-state index in [4.69, 9.17) is 15.6 Å². The summed E-state index contributed by atoms with van der Waals surface area (Å²) >= 11 is 1.59. The number of H-pyrrole nitrogens is 1. The van der Waals surface area contributed by atoms with E-state index < -0.39 is 18.4 Å². The van der Waals surface area contributed by atoms with Crippen molar-refractivity contribution in [1.82, 2.24) is 9.97 Å². The second-order valence-corrected chi connectivity index (χ2v) is 7.17. The summed E-state index contributed by atoms with van der Waals surface area (Å²) in [4.78, 5) is 22.8. The van der Waals surface area contributed by atoms with Crippen LogP contribution in [-0.4, -0.2) is 81.7 Å². The topological polar surface area (TPSA) is 148 Å². The fraction of sp³-hybridized carbons (Fsp3) is 0.714. The maximum atomic E-state index is 12.4. The summed E-state index contributed by atoms with van der Waals surface area (Å²) in [6.45, 7) is 0.818. The first-order valence-electron chi connectivity index (χ1n) is 8.09. The van der Waals surface area contributed by atoms with Crippen molar-refractivity contribution in [3.8, 4) is 0 Å². The molecule has 6 N–H and O–H groups in total. The maximum absolute atomic E-state index is 12.4. The van der Waals surface area contributed by atoms with Gasteiger partial charge in [-0.1, -0.05) is 0 Å². The van der Waals surface area contributed by atoms with Crippen LogP contribution in [0.5, 0.6) is 0 Å². The lowest BCUT2D eigenvalue weighted by Crippen LogP contribution is -2.40. The van der Waals surface area contributed by atoms with E-state index in [1.165, 1.54) is 0 Å². The molecule has 2 aliphatic heterocycles. The van der Waals surface area contributed by atoms with Crippen LogP contribution in [0.25, 0.3) is 0 Å². The molecule has 0 spiro atoms. The smallest absolute Gasteiger partial charge is 0.278 e. The van der Waals surface area contributed by atoms with E-state index >= 15 is 0 Å². The molecule has 0 saturated carbocycles. The van der Waals surface area contributed by atoms with E-state index in [-0.39, 0.29) is 24.7 Å². The van der Waals surface area contributed by atoms with Gasteiger partial charge in [0.15, 0.2) is 5.82 Å². The molecule has 0 unspecified atom stereocenters. The Hall–Kier alpha value is -1.53. The molecule has 3 heterocycles. The Bertz CT molecular complexity index is 659. The number of nitrogens with zero attached hydrogens (tertiary/aromatic N) is 3. The van der Waals surface area contributed by atoms with E-state index in [9.17, 15) is 15.0 Å². The maximum Gasteiger partial charge on any atom is 0.278 e. The van der Waals surface area contributed by atoms with Gasteiger partial charge in [-0.2, -0.15) is 16.7 Å². The van der Waals surface area contributed by atoms with Crippen molar-refractivity contribution in [1.29, 1.82) is 0 Å². The van der Waals surface area contributed by atoms with Crippen LogP contribution in [0.4, 0.5) is 17.5 Å². The molecular formula is C14H23N5O5S. The Balaban J connectivity index is 1.81. The molecule has 10 nitrogen and oxygen atoms in total. The van der Waals surface area contributed by atoms with Crippen LogP contribution in [-0.2, 0) is 4.74 Å². The number of anilines is 3. The molecule has 0 radical (unpaired) electrons. The minimum Gasteiger partial charge on any atom is -0.396 e. The van der Waals surface area contributed by atoms with Gasteiger partial charge in [-0.15, -0.1) is 0 Å². The van der Waals surface area contributed by atoms with Crippen molar-refractivity contribution < 1.29 is 20.1 Å². The fourth-order valence-electron chi connectivity index (χ4n) is 3.10. The summed E-state index contributed by atoms with van der Waals surface area (Å²) in [5.74, 6) is 1.81. The van der Waals surface area contributed by atoms with Crippen LogP contribution < -0.4 is 21.1 Å². The fourth-order valence-corrected chi connectivity index (χ4v) is 3.78. The quantitative estimate of drug-likeness (QED) is 0.344. The third kappa shape index (κ3) is 3.70. The minimum absolute atomic E-state index is 0.0162. The van der Waals surface area contributed by atoms with Gasteiger partial charge in [0.05, 0.1) is 26.0 Å². The van der Waals surface area contributed by atoms with Crippen LogP contribution in [0.15, 0.2) is 4.79 Å². The van der Waals surface area contributed by atoms with Crippen molar-refractivity contribution >= 4 is 29.2 Å². The number of nitrogens with two attached hydrogens (primary N) is 1. The lowest BCUT2D eigenvalue weighted by molar-refractivity contribution is -0.0220. The second-order valence-electron chi connectivity index (χ2n) is 5.95. The van der Waals surface area contributed by atoms with Gasteiger partial charge in [0.1, 0.15) is 18.0 Å². The minimum atomic E-state index is -0.771. The van der Waals surface area contributed by atoms with E-state index in [1.807, 2.05) is 4.90 Å². The summed E-state index contributed by atoms with van der Waals surface area (Å²) in [6.07, 6.45) is -1.60. The predicted octanol–water partition coefficient (Wildman–Crippen LogP) is -1.87. The highest BCUT2D eigenvalue weighted by Crippen LogP contribution is 2.36. The number of hydrogen-bond donors (Lipinski definition) is 5. The van der Waals surface area contributed by atoms with Crippen molar-refractivity contribution in [2.75, 3.05) is 53.5 Å². The lowest BCUT2D eigenvalue weighted by Gasteiger charge is -2.26. The Morgan fingerprint density at radius 3 is 2.88 bits per heavy atom. The molecule has 0 aromatic carbocycles. The molecule has 2 aliphatic rings. The number of aromatic amines is 1. The number of hydrogen-bond acceptors (Lipinski definition) is 10. The molecule has 25 heavy (non-hydrogen) atoms. The van der Waals surface area contributed by atoms with Gasteiger partial charge < -0.3 is 35.6 Å². The molecule has 1 saturated heterocycles. The summed E-state index contributed by atoms with van der Waals surface area (Å²) in [5.41, 5.74) is 5.78. The van der Waals surface area contributed by atoms with Crippen molar-refractivity contribution in [2.45, 2.75) is 24.9 Å². The molecule has 1 aromatic rings. The Kier molecular flexibility index (Phi) is 5.69. The number of rotatable bonds is 7. The Morgan fingerprint density at radius 2 is 2.20 bits per heavy atom. The van der Waals surface area contributed by atoms with E-state index in [0.717, 1.165) is 5.75 Å². The number of nitrogens with one attached hydrogen (secondary N) is 1. The van der Waals surface area contributed by atoms with Gasteiger partial charge in [-0.3, -0.25) is 9.78 Å². The van der Waals surface area contributed by atoms with Gasteiger partial charge >= 0.3 is 0 Å². The molecule has 140 valence electrons. The average molecular weight is 373 g/mol. The normalized spacial score (nSPS) is 25.6. The summed E-state index contributed by atoms with van der Waals surface area (Å²) < 4.78 is 5.70. The standard InChI is InChI=1S/C14H23N5O5S/c15-14-16-12-11(13(23)17-14)18(1-3-25-4-2-20)7-19(12)10-5-8(22)9(6-21)24-10/h8-10,20-22H,1-7H2,(H3,15,16,17,23)/t8-,9+,10+/m0/s1. The zero-order valence-corrected chi connectivity index (χ0v) is 14.5. The van der Waals surface area contributed by atoms with Gasteiger partial charge in [-0.25, -0.2) is 0 Å². The molecule has 1 aromatic heterocycles. The number of thioether (sulfide) groups is 1. The molecule has 0 bridgehead atoms. The molecule has 0 amide bonds.